The van der Waals surface area contributed by atoms with Gasteiger partial charge in [0.15, 0.2) is 0 Å². The molecule has 4 N–H and O–H groups in total. The van der Waals surface area contributed by atoms with Gasteiger partial charge in [-0.2, -0.15) is 0 Å². The second kappa shape index (κ2) is 3.95. The van der Waals surface area contributed by atoms with E-state index in [0.717, 1.165) is 0 Å². The molecule has 0 saturated carbocycles. The van der Waals surface area contributed by atoms with E-state index in [4.69, 9.17) is 20.4 Å². The summed E-state index contributed by atoms with van der Waals surface area (Å²) in [7, 11) is 0. The van der Waals surface area contributed by atoms with E-state index < -0.39 is 23.9 Å². The molecule has 2 atom stereocenters. The molecule has 0 radical (unpaired) electrons. The molecular formula is C6H10O5. The number of aliphatic carboxylic acids is 1. The molecule has 0 aromatic heterocycles. The lowest BCUT2D eigenvalue weighted by Gasteiger charge is -2.11. The van der Waals surface area contributed by atoms with E-state index >= 15 is 0 Å². The number of rotatable bonds is 3. The molecule has 0 heterocycles. The predicted octanol–water partition coefficient (Wildman–Crippen LogP) is -0.745. The molecule has 0 bridgehead atoms. The Hall–Kier alpha value is -1.07. The molecule has 0 aromatic carbocycles. The van der Waals surface area contributed by atoms with Gasteiger partial charge in [0.25, 0.3) is 0 Å². The van der Waals surface area contributed by atoms with Crippen molar-refractivity contribution in [2.75, 3.05) is 0 Å². The summed E-state index contributed by atoms with van der Waals surface area (Å²) in [6, 6.07) is 0. The van der Waals surface area contributed by atoms with Crippen LogP contribution in [0.1, 0.15) is 6.92 Å². The molecule has 64 valence electrons. The highest BCUT2D eigenvalue weighted by molar-refractivity contribution is 5.80. The molecule has 0 amide bonds. The Morgan fingerprint density at radius 1 is 1.36 bits per heavy atom. The van der Waals surface area contributed by atoms with Gasteiger partial charge in [-0.25, -0.2) is 4.79 Å². The SMILES string of the molecule is CC(O)C(O)C(O)=CC(=O)O. The van der Waals surface area contributed by atoms with Crippen LogP contribution in [0.15, 0.2) is 11.8 Å². The number of carbonyl (C=O) groups is 1. The lowest BCUT2D eigenvalue weighted by atomic mass is 10.2. The molecule has 0 spiro atoms. The highest BCUT2D eigenvalue weighted by atomic mass is 16.4. The first-order valence-corrected chi connectivity index (χ1v) is 2.94. The van der Waals surface area contributed by atoms with E-state index in [0.29, 0.717) is 6.08 Å². The van der Waals surface area contributed by atoms with Gasteiger partial charge in [0.05, 0.1) is 12.2 Å². The molecule has 11 heavy (non-hydrogen) atoms. The first kappa shape index (κ1) is 9.93. The van der Waals surface area contributed by atoms with Gasteiger partial charge in [-0.3, -0.25) is 0 Å². The third kappa shape index (κ3) is 3.59. The van der Waals surface area contributed by atoms with Crippen LogP contribution in [0.3, 0.4) is 0 Å². The molecule has 0 aliphatic rings. The average Bonchev–Trinajstić information content (AvgIpc) is 1.84. The fourth-order valence-electron chi connectivity index (χ4n) is 0.459. The standard InChI is InChI=1S/C6H10O5/c1-3(7)6(11)4(8)2-5(9)10/h2-3,6-8,11H,1H3,(H,9,10). The predicted molar refractivity (Wildman–Crippen MR) is 36.0 cm³/mol. The van der Waals surface area contributed by atoms with Crippen LogP contribution < -0.4 is 0 Å². The van der Waals surface area contributed by atoms with E-state index in [1.54, 1.807) is 0 Å². The maximum atomic E-state index is 9.91. The first-order chi connectivity index (χ1) is 4.95. The third-order valence-corrected chi connectivity index (χ3v) is 1.03. The van der Waals surface area contributed by atoms with Crippen LogP contribution >= 0.6 is 0 Å². The van der Waals surface area contributed by atoms with Gasteiger partial charge in [-0.1, -0.05) is 0 Å². The molecule has 0 aliphatic carbocycles. The molecule has 0 aromatic rings. The Morgan fingerprint density at radius 3 is 2.09 bits per heavy atom. The minimum Gasteiger partial charge on any atom is -0.509 e. The maximum absolute atomic E-state index is 9.91. The van der Waals surface area contributed by atoms with Gasteiger partial charge in [0.2, 0.25) is 0 Å². The van der Waals surface area contributed by atoms with Gasteiger partial charge < -0.3 is 20.4 Å². The summed E-state index contributed by atoms with van der Waals surface area (Å²) in [4.78, 5) is 9.91. The smallest absolute Gasteiger partial charge is 0.331 e. The number of hydrogen-bond donors (Lipinski definition) is 4. The summed E-state index contributed by atoms with van der Waals surface area (Å²) in [5.74, 6) is -2.13. The van der Waals surface area contributed by atoms with Crippen LogP contribution in [0.5, 0.6) is 0 Å². The van der Waals surface area contributed by atoms with E-state index in [1.807, 2.05) is 0 Å². The second-order valence-electron chi connectivity index (χ2n) is 2.09. The largest absolute Gasteiger partial charge is 0.509 e. The Bertz CT molecular complexity index is 172. The molecule has 0 fully saturated rings. The van der Waals surface area contributed by atoms with Gasteiger partial charge in [0, 0.05) is 0 Å². The Morgan fingerprint density at radius 2 is 1.82 bits per heavy atom. The van der Waals surface area contributed by atoms with Gasteiger partial charge in [-0.05, 0) is 6.92 Å². The summed E-state index contributed by atoms with van der Waals surface area (Å²) in [5.41, 5.74) is 0. The topological polar surface area (TPSA) is 98.0 Å². The zero-order valence-electron chi connectivity index (χ0n) is 5.93. The van der Waals surface area contributed by atoms with Crippen molar-refractivity contribution in [1.82, 2.24) is 0 Å². The summed E-state index contributed by atoms with van der Waals surface area (Å²) >= 11 is 0. The first-order valence-electron chi connectivity index (χ1n) is 2.94. The maximum Gasteiger partial charge on any atom is 0.331 e. The van der Waals surface area contributed by atoms with E-state index in [1.165, 1.54) is 6.92 Å². The monoisotopic (exact) mass is 162 g/mol. The van der Waals surface area contributed by atoms with Crippen molar-refractivity contribution < 1.29 is 25.2 Å². The lowest BCUT2D eigenvalue weighted by Crippen LogP contribution is -2.25. The zero-order chi connectivity index (χ0) is 9.02. The van der Waals surface area contributed by atoms with Crippen molar-refractivity contribution in [1.29, 1.82) is 0 Å². The van der Waals surface area contributed by atoms with Crippen LogP contribution in [-0.4, -0.2) is 38.6 Å². The highest BCUT2D eigenvalue weighted by Gasteiger charge is 2.16. The molecular weight excluding hydrogens is 152 g/mol. The average molecular weight is 162 g/mol. The van der Waals surface area contributed by atoms with Crippen LogP contribution in [0.2, 0.25) is 0 Å². The van der Waals surface area contributed by atoms with Gasteiger partial charge in [-0.15, -0.1) is 0 Å². The van der Waals surface area contributed by atoms with E-state index in [-0.39, 0.29) is 0 Å². The van der Waals surface area contributed by atoms with Crippen LogP contribution in [0, 0.1) is 0 Å². The second-order valence-corrected chi connectivity index (χ2v) is 2.09. The van der Waals surface area contributed by atoms with Crippen molar-refractivity contribution in [3.63, 3.8) is 0 Å². The zero-order valence-corrected chi connectivity index (χ0v) is 5.93. The van der Waals surface area contributed by atoms with Crippen LogP contribution in [-0.2, 0) is 4.79 Å². The fraction of sp³-hybridized carbons (Fsp3) is 0.500. The fourth-order valence-corrected chi connectivity index (χ4v) is 0.459. The number of carboxylic acids is 1. The van der Waals surface area contributed by atoms with Crippen molar-refractivity contribution in [2.24, 2.45) is 0 Å². The quantitative estimate of drug-likeness (QED) is 0.323. The van der Waals surface area contributed by atoms with E-state index in [2.05, 4.69) is 0 Å². The Balaban J connectivity index is 4.23. The van der Waals surface area contributed by atoms with Crippen molar-refractivity contribution in [3.05, 3.63) is 11.8 Å². The minimum atomic E-state index is -1.54. The van der Waals surface area contributed by atoms with Crippen molar-refractivity contribution >= 4 is 5.97 Å². The number of aliphatic hydroxyl groups is 3. The highest BCUT2D eigenvalue weighted by Crippen LogP contribution is 2.02. The van der Waals surface area contributed by atoms with Gasteiger partial charge >= 0.3 is 5.97 Å². The Labute approximate surface area is 63.2 Å². The number of carboxylic acid groups (broad SMARTS) is 1. The minimum absolute atomic E-state index is 0.428. The summed E-state index contributed by atoms with van der Waals surface area (Å²) in [5, 5.41) is 34.3. The molecule has 5 heteroatoms. The summed E-state index contributed by atoms with van der Waals surface area (Å²) in [6.07, 6.45) is -2.30. The van der Waals surface area contributed by atoms with E-state index in [9.17, 15) is 4.79 Å². The van der Waals surface area contributed by atoms with Crippen LogP contribution in [0.25, 0.3) is 0 Å². The van der Waals surface area contributed by atoms with Crippen molar-refractivity contribution in [2.45, 2.75) is 19.1 Å². The third-order valence-electron chi connectivity index (χ3n) is 1.03. The Kier molecular flexibility index (Phi) is 3.56. The normalized spacial score (nSPS) is 17.5. The molecule has 0 saturated heterocycles. The molecule has 2 unspecified atom stereocenters. The number of hydrogen-bond acceptors (Lipinski definition) is 4. The van der Waals surface area contributed by atoms with Crippen molar-refractivity contribution in [3.8, 4) is 0 Å². The summed E-state index contributed by atoms with van der Waals surface area (Å²) in [6.45, 7) is 1.23. The van der Waals surface area contributed by atoms with Gasteiger partial charge in [0.1, 0.15) is 11.9 Å². The van der Waals surface area contributed by atoms with Crippen LogP contribution in [0.4, 0.5) is 0 Å². The molecule has 0 rings (SSSR count). The lowest BCUT2D eigenvalue weighted by molar-refractivity contribution is -0.131. The number of aliphatic hydroxyl groups excluding tert-OH is 3. The molecule has 5 nitrogen and oxygen atoms in total. The molecule has 0 aliphatic heterocycles. The summed E-state index contributed by atoms with van der Waals surface area (Å²) < 4.78 is 0.